The van der Waals surface area contributed by atoms with Gasteiger partial charge in [-0.2, -0.15) is 0 Å². The molecule has 0 spiro atoms. The van der Waals surface area contributed by atoms with Crippen LogP contribution in [0.3, 0.4) is 0 Å². The normalized spacial score (nSPS) is 13.6. The van der Waals surface area contributed by atoms with Crippen LogP contribution in [-0.4, -0.2) is 15.8 Å². The first-order valence-corrected chi connectivity index (χ1v) is 36.0. The highest BCUT2D eigenvalue weighted by atomic mass is 32.1. The fourth-order valence-electron chi connectivity index (χ4n) is 16.0. The summed E-state index contributed by atoms with van der Waals surface area (Å²) in [6.07, 6.45) is 0. The van der Waals surface area contributed by atoms with Gasteiger partial charge in [-0.15, -0.1) is 11.3 Å². The van der Waals surface area contributed by atoms with Crippen molar-refractivity contribution in [3.8, 4) is 33.6 Å². The van der Waals surface area contributed by atoms with Crippen molar-refractivity contribution in [2.75, 3.05) is 9.80 Å². The van der Waals surface area contributed by atoms with E-state index in [1.807, 2.05) is 11.3 Å². The average molecular weight is 1290 g/mol. The summed E-state index contributed by atoms with van der Waals surface area (Å²) in [6.45, 7) is 35.2. The number of hydrogen-bond acceptors (Lipinski definition) is 3. The number of nitrogens with zero attached hydrogens (tertiary/aromatic N) is 4. The summed E-state index contributed by atoms with van der Waals surface area (Å²) >= 11 is 1.91. The third-order valence-corrected chi connectivity index (χ3v) is 22.7. The number of rotatable bonds is 6. The van der Waals surface area contributed by atoms with Gasteiger partial charge in [0.2, 0.25) is 0 Å². The van der Waals surface area contributed by atoms with Crippen molar-refractivity contribution < 1.29 is 0 Å². The molecule has 4 nitrogen and oxygen atoms in total. The third-order valence-electron chi connectivity index (χ3n) is 21.5. The number of para-hydroxylation sites is 3. The second-order valence-electron chi connectivity index (χ2n) is 33.1. The van der Waals surface area contributed by atoms with Crippen molar-refractivity contribution in [1.82, 2.24) is 9.13 Å². The Bertz CT molecular complexity index is 5750. The summed E-state index contributed by atoms with van der Waals surface area (Å²) in [6, 6.07) is 94.2. The largest absolute Gasteiger partial charge is 0.311 e. The molecule has 0 unspecified atom stereocenters. The van der Waals surface area contributed by atoms with Gasteiger partial charge in [0.05, 0.1) is 38.1 Å². The SMILES string of the molecule is CC(C)(C)c1ccc(-c2cc(C(C)(C)C)ccc2N2c3cc(-n4c5ccccc5c5ccc6c(c7ccccc7n6-c6ccccc6)c54)ccc3B3c4ccc(-c5cc(C(C)(C)C)cc(C(C)(C)C)c5)cc4N(c4cccc5c4sc4ccccc45)c4cc(C(C)(C)C)cc2c43)cc1. The molecule has 0 aliphatic carbocycles. The van der Waals surface area contributed by atoms with E-state index < -0.39 is 0 Å². The summed E-state index contributed by atoms with van der Waals surface area (Å²) in [7, 11) is 0. The van der Waals surface area contributed by atoms with E-state index in [0.717, 1.165) is 17.1 Å². The average Bonchev–Trinajstić information content (AvgIpc) is 0.963. The van der Waals surface area contributed by atoms with E-state index in [4.69, 9.17) is 0 Å². The van der Waals surface area contributed by atoms with Crippen LogP contribution in [-0.2, 0) is 27.1 Å². The third kappa shape index (κ3) is 9.74. The van der Waals surface area contributed by atoms with Gasteiger partial charge in [0.1, 0.15) is 0 Å². The van der Waals surface area contributed by atoms with E-state index in [0.29, 0.717) is 0 Å². The molecule has 0 N–H and O–H groups in total. The second-order valence-corrected chi connectivity index (χ2v) is 34.1. The lowest BCUT2D eigenvalue weighted by molar-refractivity contribution is 0.569. The van der Waals surface area contributed by atoms with Crippen LogP contribution in [0, 0.1) is 0 Å². The van der Waals surface area contributed by atoms with Gasteiger partial charge < -0.3 is 18.9 Å². The van der Waals surface area contributed by atoms with E-state index >= 15 is 0 Å². The molecule has 0 amide bonds. The van der Waals surface area contributed by atoms with Crippen molar-refractivity contribution in [2.24, 2.45) is 0 Å². The molecule has 2 aliphatic rings. The molecule has 3 aromatic heterocycles. The Kier molecular flexibility index (Phi) is 13.7. The van der Waals surface area contributed by atoms with Crippen molar-refractivity contribution >= 4 is 132 Å². The monoisotopic (exact) mass is 1290 g/mol. The minimum atomic E-state index is -0.252. The Morgan fingerprint density at radius 2 is 0.837 bits per heavy atom. The number of benzene rings is 12. The maximum atomic E-state index is 2.71. The van der Waals surface area contributed by atoms with Crippen molar-refractivity contribution in [3.05, 3.63) is 270 Å². The fourth-order valence-corrected chi connectivity index (χ4v) is 17.2. The quantitative estimate of drug-likeness (QED) is 0.154. The second kappa shape index (κ2) is 21.8. The summed E-state index contributed by atoms with van der Waals surface area (Å²) < 4.78 is 7.63. The molecule has 5 heterocycles. The zero-order chi connectivity index (χ0) is 67.9. The van der Waals surface area contributed by atoms with Crippen LogP contribution >= 0.6 is 11.3 Å². The molecule has 98 heavy (non-hydrogen) atoms. The molecule has 2 aliphatic heterocycles. The molecule has 0 saturated heterocycles. The van der Waals surface area contributed by atoms with E-state index in [1.54, 1.807) is 0 Å². The predicted molar refractivity (Wildman–Crippen MR) is 426 cm³/mol. The molecular weight excluding hydrogens is 1200 g/mol. The first kappa shape index (κ1) is 61.7. The van der Waals surface area contributed by atoms with E-state index in [-0.39, 0.29) is 33.8 Å². The zero-order valence-electron chi connectivity index (χ0n) is 59.4. The Hall–Kier alpha value is -9.88. The fraction of sp³-hybridized carbons (Fsp3) is 0.217. The maximum absolute atomic E-state index is 2.71. The number of aromatic nitrogens is 2. The molecule has 15 aromatic rings. The summed E-state index contributed by atoms with van der Waals surface area (Å²) in [5.41, 5.74) is 28.9. The molecule has 0 atom stereocenters. The Balaban J connectivity index is 1.01. The van der Waals surface area contributed by atoms with E-state index in [9.17, 15) is 0 Å². The van der Waals surface area contributed by atoms with Crippen LogP contribution in [0.5, 0.6) is 0 Å². The zero-order valence-corrected chi connectivity index (χ0v) is 60.2. The van der Waals surface area contributed by atoms with Gasteiger partial charge in [-0.3, -0.25) is 0 Å². The minimum absolute atomic E-state index is 0.0118. The summed E-state index contributed by atoms with van der Waals surface area (Å²) in [5.74, 6) is 0. The van der Waals surface area contributed by atoms with Crippen LogP contribution in [0.1, 0.15) is 132 Å². The van der Waals surface area contributed by atoms with Gasteiger partial charge >= 0.3 is 0 Å². The van der Waals surface area contributed by atoms with Crippen LogP contribution in [0.25, 0.3) is 97.4 Å². The highest BCUT2D eigenvalue weighted by Crippen LogP contribution is 2.53. The van der Waals surface area contributed by atoms with Gasteiger partial charge in [-0.25, -0.2) is 0 Å². The smallest absolute Gasteiger partial charge is 0.252 e. The molecule has 6 heteroatoms. The van der Waals surface area contributed by atoms with Gasteiger partial charge in [-0.05, 0) is 173 Å². The van der Waals surface area contributed by atoms with Crippen LogP contribution < -0.4 is 26.2 Å². The Morgan fingerprint density at radius 3 is 1.50 bits per heavy atom. The van der Waals surface area contributed by atoms with Crippen molar-refractivity contribution in [1.29, 1.82) is 0 Å². The van der Waals surface area contributed by atoms with Gasteiger partial charge in [0, 0.05) is 76.7 Å². The minimum Gasteiger partial charge on any atom is -0.311 e. The number of hydrogen-bond donors (Lipinski definition) is 0. The van der Waals surface area contributed by atoms with Crippen LogP contribution in [0.2, 0.25) is 0 Å². The molecular formula is C92H85BN4S. The topological polar surface area (TPSA) is 16.3 Å². The molecule has 0 bridgehead atoms. The van der Waals surface area contributed by atoms with Gasteiger partial charge in [0.25, 0.3) is 6.71 Å². The number of anilines is 6. The highest BCUT2D eigenvalue weighted by Gasteiger charge is 2.46. The molecule has 482 valence electrons. The van der Waals surface area contributed by atoms with E-state index in [1.165, 1.54) is 159 Å². The number of thiophene rings is 1. The first-order chi connectivity index (χ1) is 46.8. The molecule has 17 rings (SSSR count). The maximum Gasteiger partial charge on any atom is 0.252 e. The Morgan fingerprint density at radius 1 is 0.296 bits per heavy atom. The molecule has 0 saturated carbocycles. The van der Waals surface area contributed by atoms with Crippen LogP contribution in [0.15, 0.2) is 243 Å². The highest BCUT2D eigenvalue weighted by molar-refractivity contribution is 7.26. The van der Waals surface area contributed by atoms with Crippen molar-refractivity contribution in [2.45, 2.75) is 131 Å². The predicted octanol–water partition coefficient (Wildman–Crippen LogP) is 24.2. The summed E-state index contributed by atoms with van der Waals surface area (Å²) in [4.78, 5) is 5.40. The molecule has 12 aromatic carbocycles. The standard InChI is InChI=1S/C92H85BN4S/c1-88(2,3)59-39-36-56(37-40-59)71-52-60(89(4,5)6)41-46-76(71)96-80-55-65(95-74-32-22-19-28-66(74)68-43-47-77-84(86(68)95)70-30-20-23-33-75(70)94(77)64-26-17-16-18-27-64)42-45-73(80)93-72-44-38-57(58-48-61(90(7,8)9)51-62(49-58)91(10,11)12)50-79(72)97(82-54-63(92(13,14)15)53-81(96)85(82)93)78-34-25-31-69-67-29-21-24-35-83(67)98-87(69)78/h16-55H,1-15H3. The lowest BCUT2D eigenvalue weighted by Crippen LogP contribution is -2.61. The van der Waals surface area contributed by atoms with Crippen LogP contribution in [0.4, 0.5) is 34.1 Å². The lowest BCUT2D eigenvalue weighted by Gasteiger charge is -2.45. The summed E-state index contributed by atoms with van der Waals surface area (Å²) in [5, 5.41) is 7.50. The van der Waals surface area contributed by atoms with Gasteiger partial charge in [-0.1, -0.05) is 262 Å². The van der Waals surface area contributed by atoms with Crippen molar-refractivity contribution in [3.63, 3.8) is 0 Å². The molecule has 0 radical (unpaired) electrons. The Labute approximate surface area is 582 Å². The van der Waals surface area contributed by atoms with Gasteiger partial charge in [0.15, 0.2) is 0 Å². The molecule has 0 fully saturated rings. The number of fused-ring (bicyclic) bond motifs is 14. The lowest BCUT2D eigenvalue weighted by atomic mass is 9.33. The van der Waals surface area contributed by atoms with E-state index in [2.05, 4.69) is 365 Å². The first-order valence-electron chi connectivity index (χ1n) is 35.2.